The number of fused-ring (bicyclic) bond motifs is 1. The first-order valence-corrected chi connectivity index (χ1v) is 9.37. The van der Waals surface area contributed by atoms with Crippen LogP contribution in [0.4, 0.5) is 5.82 Å². The van der Waals surface area contributed by atoms with E-state index in [-0.39, 0.29) is 17.6 Å². The number of hydrogen-bond donors (Lipinski definition) is 2. The molecule has 3 aromatic rings. The van der Waals surface area contributed by atoms with Crippen LogP contribution in [0, 0.1) is 0 Å². The largest absolute Gasteiger partial charge is 0.378 e. The zero-order valence-corrected chi connectivity index (χ0v) is 15.8. The summed E-state index contributed by atoms with van der Waals surface area (Å²) in [6.07, 6.45) is 1.42. The number of H-pyrrole nitrogens is 1. The van der Waals surface area contributed by atoms with Crippen LogP contribution in [0.5, 0.6) is 0 Å². The van der Waals surface area contributed by atoms with Crippen LogP contribution in [0.2, 0.25) is 5.02 Å². The fraction of sp³-hybridized carbons (Fsp3) is 0.250. The van der Waals surface area contributed by atoms with Crippen molar-refractivity contribution in [2.75, 3.05) is 31.2 Å². The highest BCUT2D eigenvalue weighted by molar-refractivity contribution is 6.30. The number of nitrogens with one attached hydrogen (secondary N) is 2. The molecule has 1 fully saturated rings. The van der Waals surface area contributed by atoms with E-state index in [0.29, 0.717) is 29.6 Å². The minimum absolute atomic E-state index is 0.0288. The van der Waals surface area contributed by atoms with Crippen LogP contribution < -0.4 is 15.6 Å². The first-order chi connectivity index (χ1) is 13.6. The molecule has 1 aliphatic rings. The SMILES string of the molecule is O=C(NCc1cccc(Cl)c1)c1c[nH]c2ccc(N3CCOCC3)nc2c1=O. The van der Waals surface area contributed by atoms with Gasteiger partial charge in [0.15, 0.2) is 0 Å². The van der Waals surface area contributed by atoms with Crippen molar-refractivity contribution in [3.05, 3.63) is 69.0 Å². The Bertz CT molecular complexity index is 1080. The lowest BCUT2D eigenvalue weighted by molar-refractivity contribution is 0.0949. The van der Waals surface area contributed by atoms with Gasteiger partial charge < -0.3 is 19.9 Å². The summed E-state index contributed by atoms with van der Waals surface area (Å²) in [5.41, 5.74) is 1.33. The number of anilines is 1. The number of morpholine rings is 1. The Balaban J connectivity index is 1.59. The van der Waals surface area contributed by atoms with Crippen LogP contribution in [0.25, 0.3) is 11.0 Å². The molecule has 2 N–H and O–H groups in total. The average Bonchev–Trinajstić information content (AvgIpc) is 2.73. The van der Waals surface area contributed by atoms with Gasteiger partial charge in [0.25, 0.3) is 5.91 Å². The summed E-state index contributed by atoms with van der Waals surface area (Å²) in [5.74, 6) is 0.250. The standard InChI is InChI=1S/C20H19ClN4O3/c21-14-3-1-2-13(10-14)11-23-20(27)15-12-22-16-4-5-17(24-18(16)19(15)26)25-6-8-28-9-7-25/h1-5,10,12H,6-9,11H2,(H,22,26)(H,23,27). The highest BCUT2D eigenvalue weighted by Crippen LogP contribution is 2.16. The second kappa shape index (κ2) is 8.00. The van der Waals surface area contributed by atoms with E-state index in [0.717, 1.165) is 18.7 Å². The minimum Gasteiger partial charge on any atom is -0.378 e. The Labute approximate surface area is 166 Å². The van der Waals surface area contributed by atoms with Crippen LogP contribution >= 0.6 is 11.6 Å². The van der Waals surface area contributed by atoms with E-state index in [1.54, 1.807) is 12.1 Å². The van der Waals surface area contributed by atoms with Gasteiger partial charge in [-0.3, -0.25) is 9.59 Å². The molecule has 0 radical (unpaired) electrons. The molecule has 0 unspecified atom stereocenters. The van der Waals surface area contributed by atoms with Gasteiger partial charge in [-0.15, -0.1) is 0 Å². The van der Waals surface area contributed by atoms with E-state index in [2.05, 4.69) is 20.2 Å². The van der Waals surface area contributed by atoms with Gasteiger partial charge in [-0.2, -0.15) is 0 Å². The molecule has 0 atom stereocenters. The molecule has 144 valence electrons. The molecule has 8 heteroatoms. The maximum absolute atomic E-state index is 12.9. The van der Waals surface area contributed by atoms with Crippen LogP contribution in [-0.4, -0.2) is 42.2 Å². The molecule has 0 aliphatic carbocycles. The number of rotatable bonds is 4. The number of benzene rings is 1. The first-order valence-electron chi connectivity index (χ1n) is 8.99. The Morgan fingerprint density at radius 3 is 2.86 bits per heavy atom. The molecule has 4 rings (SSSR count). The van der Waals surface area contributed by atoms with Gasteiger partial charge in [0.1, 0.15) is 16.9 Å². The minimum atomic E-state index is -0.457. The number of halogens is 1. The summed E-state index contributed by atoms with van der Waals surface area (Å²) >= 11 is 5.96. The van der Waals surface area contributed by atoms with Gasteiger partial charge in [0.05, 0.1) is 18.7 Å². The zero-order chi connectivity index (χ0) is 19.5. The van der Waals surface area contributed by atoms with Crippen LogP contribution in [0.1, 0.15) is 15.9 Å². The summed E-state index contributed by atoms with van der Waals surface area (Å²) in [4.78, 5) is 35.0. The lowest BCUT2D eigenvalue weighted by Gasteiger charge is -2.27. The molecule has 1 aromatic carbocycles. The van der Waals surface area contributed by atoms with Crippen molar-refractivity contribution in [2.24, 2.45) is 0 Å². The van der Waals surface area contributed by atoms with Crippen molar-refractivity contribution in [3.63, 3.8) is 0 Å². The molecule has 28 heavy (non-hydrogen) atoms. The molecule has 1 saturated heterocycles. The normalized spacial score (nSPS) is 14.2. The van der Waals surface area contributed by atoms with Gasteiger partial charge >= 0.3 is 0 Å². The number of pyridine rings is 2. The third-order valence-electron chi connectivity index (χ3n) is 4.63. The molecule has 7 nitrogen and oxygen atoms in total. The second-order valence-electron chi connectivity index (χ2n) is 6.51. The fourth-order valence-electron chi connectivity index (χ4n) is 3.14. The van der Waals surface area contributed by atoms with Crippen molar-refractivity contribution in [1.82, 2.24) is 15.3 Å². The van der Waals surface area contributed by atoms with Crippen molar-refractivity contribution in [1.29, 1.82) is 0 Å². The van der Waals surface area contributed by atoms with Gasteiger partial charge in [-0.1, -0.05) is 23.7 Å². The molecule has 1 aliphatic heterocycles. The number of carbonyl (C=O) groups excluding carboxylic acids is 1. The summed E-state index contributed by atoms with van der Waals surface area (Å²) in [6.45, 7) is 2.97. The Hall–Kier alpha value is -2.90. The van der Waals surface area contributed by atoms with Gasteiger partial charge in [-0.05, 0) is 29.8 Å². The maximum Gasteiger partial charge on any atom is 0.257 e. The number of ether oxygens (including phenoxy) is 1. The van der Waals surface area contributed by atoms with Crippen LogP contribution in [0.15, 0.2) is 47.4 Å². The van der Waals surface area contributed by atoms with E-state index in [9.17, 15) is 9.59 Å². The smallest absolute Gasteiger partial charge is 0.257 e. The lowest BCUT2D eigenvalue weighted by atomic mass is 10.2. The van der Waals surface area contributed by atoms with Crippen LogP contribution in [0.3, 0.4) is 0 Å². The number of aromatic nitrogens is 2. The second-order valence-corrected chi connectivity index (χ2v) is 6.95. The molecule has 0 spiro atoms. The van der Waals surface area contributed by atoms with E-state index < -0.39 is 11.3 Å². The predicted octanol–water partition coefficient (Wildman–Crippen LogP) is 2.34. The predicted molar refractivity (Wildman–Crippen MR) is 108 cm³/mol. The highest BCUT2D eigenvalue weighted by atomic mass is 35.5. The third-order valence-corrected chi connectivity index (χ3v) is 4.87. The molecule has 0 bridgehead atoms. The molecule has 2 aromatic heterocycles. The van der Waals surface area contributed by atoms with Crippen molar-refractivity contribution < 1.29 is 9.53 Å². The number of hydrogen-bond acceptors (Lipinski definition) is 5. The Morgan fingerprint density at radius 2 is 2.07 bits per heavy atom. The first kappa shape index (κ1) is 18.5. The number of aromatic amines is 1. The summed E-state index contributed by atoms with van der Waals surface area (Å²) in [5, 5.41) is 3.35. The molecule has 0 saturated carbocycles. The summed E-state index contributed by atoms with van der Waals surface area (Å²) in [6, 6.07) is 10.9. The topological polar surface area (TPSA) is 87.3 Å². The zero-order valence-electron chi connectivity index (χ0n) is 15.1. The number of nitrogens with zero attached hydrogens (tertiary/aromatic N) is 2. The molecular formula is C20H19ClN4O3. The van der Waals surface area contributed by atoms with Gasteiger partial charge in [-0.25, -0.2) is 4.98 Å². The summed E-state index contributed by atoms with van der Waals surface area (Å²) < 4.78 is 5.36. The van der Waals surface area contributed by atoms with Gasteiger partial charge in [0.2, 0.25) is 5.43 Å². The summed E-state index contributed by atoms with van der Waals surface area (Å²) in [7, 11) is 0. The van der Waals surface area contributed by atoms with E-state index >= 15 is 0 Å². The molecule has 1 amide bonds. The number of carbonyl (C=O) groups is 1. The Kier molecular flexibility index (Phi) is 5.27. The highest BCUT2D eigenvalue weighted by Gasteiger charge is 2.17. The van der Waals surface area contributed by atoms with Crippen LogP contribution in [-0.2, 0) is 11.3 Å². The number of amides is 1. The molecule has 3 heterocycles. The quantitative estimate of drug-likeness (QED) is 0.704. The van der Waals surface area contributed by atoms with E-state index in [4.69, 9.17) is 16.3 Å². The average molecular weight is 399 g/mol. The monoisotopic (exact) mass is 398 g/mol. The third kappa shape index (κ3) is 3.85. The maximum atomic E-state index is 12.9. The van der Waals surface area contributed by atoms with Crippen molar-refractivity contribution in [2.45, 2.75) is 6.54 Å². The van der Waals surface area contributed by atoms with E-state index in [1.165, 1.54) is 6.20 Å². The lowest BCUT2D eigenvalue weighted by Crippen LogP contribution is -2.37. The van der Waals surface area contributed by atoms with Gasteiger partial charge in [0, 0.05) is 30.9 Å². The fourth-order valence-corrected chi connectivity index (χ4v) is 3.36. The Morgan fingerprint density at radius 1 is 1.25 bits per heavy atom. The van der Waals surface area contributed by atoms with E-state index in [1.807, 2.05) is 24.3 Å². The molecular weight excluding hydrogens is 380 g/mol. The van der Waals surface area contributed by atoms with Crippen molar-refractivity contribution >= 4 is 34.4 Å². The van der Waals surface area contributed by atoms with Crippen molar-refractivity contribution in [3.8, 4) is 0 Å².